The summed E-state index contributed by atoms with van der Waals surface area (Å²) in [6.45, 7) is 4.89. The Morgan fingerprint density at radius 3 is 2.63 bits per heavy atom. The molecule has 19 heavy (non-hydrogen) atoms. The third kappa shape index (κ3) is 5.11. The third-order valence-corrected chi connectivity index (χ3v) is 2.48. The Morgan fingerprint density at radius 1 is 1.53 bits per heavy atom. The summed E-state index contributed by atoms with van der Waals surface area (Å²) >= 11 is 0. The zero-order chi connectivity index (χ0) is 14.8. The normalized spacial score (nSPS) is 22.9. The van der Waals surface area contributed by atoms with E-state index in [0.29, 0.717) is 13.2 Å². The maximum atomic E-state index is 10.8. The molecular formula is C11H24N4O4. The number of likely N-dealkylation sites (N-methyl/N-ethyl adjacent to an activating group) is 2. The molecule has 112 valence electrons. The van der Waals surface area contributed by atoms with Gasteiger partial charge < -0.3 is 14.8 Å². The van der Waals surface area contributed by atoms with E-state index in [9.17, 15) is 10.1 Å². The molecule has 0 saturated heterocycles. The van der Waals surface area contributed by atoms with Crippen molar-refractivity contribution in [1.82, 2.24) is 15.5 Å². The second kappa shape index (κ2) is 9.68. The highest BCUT2D eigenvalue weighted by atomic mass is 16.6. The Balaban J connectivity index is 0.00000154. The van der Waals surface area contributed by atoms with Crippen LogP contribution in [0, 0.1) is 10.1 Å². The molecule has 0 saturated carbocycles. The first-order valence-corrected chi connectivity index (χ1v) is 6.22. The molecule has 1 aliphatic rings. The Hall–Kier alpha value is -1.22. The lowest BCUT2D eigenvalue weighted by atomic mass is 10.3. The van der Waals surface area contributed by atoms with E-state index in [-0.39, 0.29) is 5.70 Å². The predicted molar refractivity (Wildman–Crippen MR) is 71.8 cm³/mol. The first-order valence-electron chi connectivity index (χ1n) is 6.22. The zero-order valence-corrected chi connectivity index (χ0v) is 12.2. The maximum Gasteiger partial charge on any atom is 0.293 e. The van der Waals surface area contributed by atoms with Gasteiger partial charge in [0.15, 0.2) is 12.5 Å². The van der Waals surface area contributed by atoms with E-state index in [1.54, 1.807) is 26.1 Å². The van der Waals surface area contributed by atoms with E-state index >= 15 is 0 Å². The molecule has 8 nitrogen and oxygen atoms in total. The van der Waals surface area contributed by atoms with Gasteiger partial charge in [0, 0.05) is 7.11 Å². The van der Waals surface area contributed by atoms with E-state index in [1.807, 2.05) is 13.8 Å². The van der Waals surface area contributed by atoms with Crippen LogP contribution in [-0.2, 0) is 9.47 Å². The molecule has 0 amide bonds. The standard InChI is InChI=1S/C9H18N4O4.C2H6/c1-10-8-7(13(14)15)6-11-9(12(8)2)17-5-4-16-3;1-2/h6,8-11H,4-5H2,1-3H3;1-2H3. The average Bonchev–Trinajstić information content (AvgIpc) is 2.42. The van der Waals surface area contributed by atoms with Crippen LogP contribution in [0.3, 0.4) is 0 Å². The Bertz CT molecular complexity index is 298. The molecule has 1 heterocycles. The second-order valence-corrected chi connectivity index (χ2v) is 3.57. The number of nitrogens with one attached hydrogen (secondary N) is 2. The van der Waals surface area contributed by atoms with Crippen LogP contribution in [0.5, 0.6) is 0 Å². The van der Waals surface area contributed by atoms with E-state index in [1.165, 1.54) is 6.20 Å². The highest BCUT2D eigenvalue weighted by molar-refractivity contribution is 5.04. The van der Waals surface area contributed by atoms with Crippen LogP contribution in [0.2, 0.25) is 0 Å². The maximum absolute atomic E-state index is 10.8. The minimum atomic E-state index is -0.487. The number of nitro groups is 1. The van der Waals surface area contributed by atoms with Gasteiger partial charge in [-0.15, -0.1) is 0 Å². The number of hydrogen-bond acceptors (Lipinski definition) is 7. The molecule has 1 aliphatic heterocycles. The number of nitrogens with zero attached hydrogens (tertiary/aromatic N) is 2. The number of rotatable bonds is 6. The summed E-state index contributed by atoms with van der Waals surface area (Å²) in [7, 11) is 4.99. The topological polar surface area (TPSA) is 88.9 Å². The van der Waals surface area contributed by atoms with Crippen molar-refractivity contribution in [1.29, 1.82) is 0 Å². The number of methoxy groups -OCH3 is 1. The fourth-order valence-corrected chi connectivity index (χ4v) is 1.61. The highest BCUT2D eigenvalue weighted by Crippen LogP contribution is 2.14. The SMILES string of the molecule is CC.CNC1C([N+](=O)[O-])=CNC(OCCOC)N1C. The quantitative estimate of drug-likeness (QED) is 0.406. The van der Waals surface area contributed by atoms with Gasteiger partial charge >= 0.3 is 0 Å². The Labute approximate surface area is 113 Å². The van der Waals surface area contributed by atoms with Crippen LogP contribution in [0.25, 0.3) is 0 Å². The first-order chi connectivity index (χ1) is 9.11. The lowest BCUT2D eigenvalue weighted by Crippen LogP contribution is -2.58. The van der Waals surface area contributed by atoms with Crippen molar-refractivity contribution in [2.75, 3.05) is 34.4 Å². The summed E-state index contributed by atoms with van der Waals surface area (Å²) < 4.78 is 10.3. The van der Waals surface area contributed by atoms with E-state index < -0.39 is 17.4 Å². The average molecular weight is 276 g/mol. The third-order valence-electron chi connectivity index (χ3n) is 2.48. The molecule has 1 rings (SSSR count). The molecule has 8 heteroatoms. The molecular weight excluding hydrogens is 252 g/mol. The zero-order valence-electron chi connectivity index (χ0n) is 12.2. The van der Waals surface area contributed by atoms with Crippen LogP contribution in [0.15, 0.2) is 11.9 Å². The molecule has 0 aromatic carbocycles. The van der Waals surface area contributed by atoms with Gasteiger partial charge in [0.2, 0.25) is 0 Å². The van der Waals surface area contributed by atoms with Crippen molar-refractivity contribution < 1.29 is 14.4 Å². The van der Waals surface area contributed by atoms with Crippen molar-refractivity contribution in [2.45, 2.75) is 26.4 Å². The summed E-state index contributed by atoms with van der Waals surface area (Å²) in [5, 5.41) is 16.5. The minimum absolute atomic E-state index is 0.0570. The van der Waals surface area contributed by atoms with Crippen LogP contribution < -0.4 is 10.6 Å². The van der Waals surface area contributed by atoms with Crippen LogP contribution >= 0.6 is 0 Å². The van der Waals surface area contributed by atoms with Crippen molar-refractivity contribution in [3.63, 3.8) is 0 Å². The van der Waals surface area contributed by atoms with Gasteiger partial charge in [0.25, 0.3) is 5.70 Å². The summed E-state index contributed by atoms with van der Waals surface area (Å²) in [6, 6.07) is 0. The van der Waals surface area contributed by atoms with Gasteiger partial charge in [0.05, 0.1) is 24.3 Å². The molecule has 0 spiro atoms. The summed E-state index contributed by atoms with van der Waals surface area (Å²) in [5.74, 6) is 0. The largest absolute Gasteiger partial charge is 0.382 e. The van der Waals surface area contributed by atoms with Crippen molar-refractivity contribution in [3.8, 4) is 0 Å². The Morgan fingerprint density at radius 2 is 2.16 bits per heavy atom. The first kappa shape index (κ1) is 17.8. The van der Waals surface area contributed by atoms with E-state index in [2.05, 4.69) is 10.6 Å². The van der Waals surface area contributed by atoms with Crippen molar-refractivity contribution in [3.05, 3.63) is 22.0 Å². The number of ether oxygens (including phenoxy) is 2. The molecule has 0 aromatic rings. The molecule has 0 bridgehead atoms. The summed E-state index contributed by atoms with van der Waals surface area (Å²) in [5.41, 5.74) is 0.0570. The van der Waals surface area contributed by atoms with Crippen LogP contribution in [0.4, 0.5) is 0 Å². The second-order valence-electron chi connectivity index (χ2n) is 3.57. The minimum Gasteiger partial charge on any atom is -0.382 e. The molecule has 0 radical (unpaired) electrons. The lowest BCUT2D eigenvalue weighted by Gasteiger charge is -2.35. The smallest absolute Gasteiger partial charge is 0.293 e. The molecule has 2 unspecified atom stereocenters. The van der Waals surface area contributed by atoms with Crippen LogP contribution in [-0.4, -0.2) is 56.8 Å². The van der Waals surface area contributed by atoms with Crippen molar-refractivity contribution >= 4 is 0 Å². The summed E-state index contributed by atoms with van der Waals surface area (Å²) in [6.07, 6.45) is 0.462. The molecule has 2 atom stereocenters. The summed E-state index contributed by atoms with van der Waals surface area (Å²) in [4.78, 5) is 12.1. The van der Waals surface area contributed by atoms with Gasteiger partial charge in [-0.1, -0.05) is 13.8 Å². The molecule has 0 aromatic heterocycles. The Kier molecular flexibility index (Phi) is 9.06. The predicted octanol–water partition coefficient (Wildman–Crippen LogP) is 0.158. The fourth-order valence-electron chi connectivity index (χ4n) is 1.61. The number of hydrogen-bond donors (Lipinski definition) is 2. The lowest BCUT2D eigenvalue weighted by molar-refractivity contribution is -0.438. The molecule has 0 fully saturated rings. The van der Waals surface area contributed by atoms with Gasteiger partial charge in [-0.05, 0) is 14.1 Å². The van der Waals surface area contributed by atoms with Crippen LogP contribution in [0.1, 0.15) is 13.8 Å². The van der Waals surface area contributed by atoms with Gasteiger partial charge in [-0.25, -0.2) is 4.90 Å². The monoisotopic (exact) mass is 276 g/mol. The van der Waals surface area contributed by atoms with Gasteiger partial charge in [-0.2, -0.15) is 0 Å². The highest BCUT2D eigenvalue weighted by Gasteiger charge is 2.35. The van der Waals surface area contributed by atoms with Crippen molar-refractivity contribution in [2.24, 2.45) is 0 Å². The fraction of sp³-hybridized carbons (Fsp3) is 0.818. The van der Waals surface area contributed by atoms with Gasteiger partial charge in [-0.3, -0.25) is 15.4 Å². The van der Waals surface area contributed by atoms with Gasteiger partial charge in [0.1, 0.15) is 0 Å². The van der Waals surface area contributed by atoms with E-state index in [4.69, 9.17) is 9.47 Å². The molecule has 0 aliphatic carbocycles. The molecule has 2 N–H and O–H groups in total. The van der Waals surface area contributed by atoms with E-state index in [0.717, 1.165) is 0 Å².